The summed E-state index contributed by atoms with van der Waals surface area (Å²) in [5.74, 6) is -0.295. The van der Waals surface area contributed by atoms with Crippen molar-refractivity contribution in [2.75, 3.05) is 25.0 Å². The highest BCUT2D eigenvalue weighted by atomic mass is 19.4. The number of hydrogen-bond donors (Lipinski definition) is 2. The van der Waals surface area contributed by atoms with Crippen LogP contribution < -0.4 is 10.1 Å². The highest BCUT2D eigenvalue weighted by Crippen LogP contribution is 2.39. The standard InChI is InChI=1S/C22H20F3N5O/c23-22(24,25)21-28-16-6-3-5-15(20(16)29-21)27-19-14-4-1-2-7-18(14)31-12-17(19)30-9-8-13(10-26)11-30/h1-7,13,17,19,27H,8-9,11-12H2,(H,28,29). The van der Waals surface area contributed by atoms with E-state index in [-0.39, 0.29) is 23.5 Å². The SMILES string of the molecule is N#CC1CCN(C2COc3ccccc3C2Nc2cccc3[nH]c(C(F)(F)F)nc23)C1. The first-order chi connectivity index (χ1) is 14.9. The van der Waals surface area contributed by atoms with Crippen molar-refractivity contribution in [1.82, 2.24) is 14.9 Å². The molecule has 3 aromatic rings. The summed E-state index contributed by atoms with van der Waals surface area (Å²) in [5, 5.41) is 12.8. The van der Waals surface area contributed by atoms with Crippen molar-refractivity contribution in [2.45, 2.75) is 24.7 Å². The molecule has 2 aliphatic heterocycles. The van der Waals surface area contributed by atoms with Gasteiger partial charge in [-0.05, 0) is 24.6 Å². The maximum absolute atomic E-state index is 13.2. The third kappa shape index (κ3) is 3.57. The van der Waals surface area contributed by atoms with Crippen molar-refractivity contribution in [3.05, 3.63) is 53.9 Å². The van der Waals surface area contributed by atoms with Gasteiger partial charge in [0, 0.05) is 18.7 Å². The number of likely N-dealkylation sites (tertiary alicyclic amines) is 1. The van der Waals surface area contributed by atoms with Crippen LogP contribution in [0.5, 0.6) is 5.75 Å². The molecular weight excluding hydrogens is 407 g/mol. The Morgan fingerprint density at radius 2 is 2.03 bits per heavy atom. The van der Waals surface area contributed by atoms with Gasteiger partial charge in [0.05, 0.1) is 35.3 Å². The van der Waals surface area contributed by atoms with Crippen molar-refractivity contribution in [3.8, 4) is 11.8 Å². The van der Waals surface area contributed by atoms with Gasteiger partial charge in [0.15, 0.2) is 0 Å². The van der Waals surface area contributed by atoms with Gasteiger partial charge >= 0.3 is 6.18 Å². The molecule has 5 rings (SSSR count). The van der Waals surface area contributed by atoms with E-state index in [2.05, 4.69) is 26.3 Å². The third-order valence-electron chi connectivity index (χ3n) is 6.01. The van der Waals surface area contributed by atoms with Gasteiger partial charge in [-0.15, -0.1) is 0 Å². The van der Waals surface area contributed by atoms with E-state index in [4.69, 9.17) is 4.74 Å². The van der Waals surface area contributed by atoms with Crippen LogP contribution >= 0.6 is 0 Å². The molecule has 9 heteroatoms. The average molecular weight is 427 g/mol. The molecule has 0 radical (unpaired) electrons. The normalized spacial score (nSPS) is 23.9. The number of alkyl halides is 3. The molecule has 3 unspecified atom stereocenters. The van der Waals surface area contributed by atoms with Crippen LogP contribution in [0.25, 0.3) is 11.0 Å². The fourth-order valence-corrected chi connectivity index (χ4v) is 4.48. The number of anilines is 1. The molecule has 3 atom stereocenters. The third-order valence-corrected chi connectivity index (χ3v) is 6.01. The Balaban J connectivity index is 1.53. The zero-order valence-corrected chi connectivity index (χ0v) is 16.5. The van der Waals surface area contributed by atoms with Gasteiger partial charge in [0.2, 0.25) is 5.82 Å². The van der Waals surface area contributed by atoms with Crippen LogP contribution in [0, 0.1) is 17.2 Å². The van der Waals surface area contributed by atoms with Crippen LogP contribution in [0.2, 0.25) is 0 Å². The number of para-hydroxylation sites is 2. The molecular formula is C22H20F3N5O. The van der Waals surface area contributed by atoms with E-state index in [0.717, 1.165) is 24.3 Å². The van der Waals surface area contributed by atoms with Crippen LogP contribution in [0.3, 0.4) is 0 Å². The quantitative estimate of drug-likeness (QED) is 0.650. The zero-order chi connectivity index (χ0) is 21.6. The molecule has 1 saturated heterocycles. The van der Waals surface area contributed by atoms with Gasteiger partial charge < -0.3 is 15.0 Å². The smallest absolute Gasteiger partial charge is 0.449 e. The summed E-state index contributed by atoms with van der Waals surface area (Å²) in [7, 11) is 0. The molecule has 2 aromatic carbocycles. The number of aromatic amines is 1. The van der Waals surface area contributed by atoms with Gasteiger partial charge in [-0.25, -0.2) is 4.98 Å². The number of rotatable bonds is 3. The summed E-state index contributed by atoms with van der Waals surface area (Å²) in [6, 6.07) is 14.7. The second kappa shape index (κ2) is 7.46. The van der Waals surface area contributed by atoms with Crippen molar-refractivity contribution in [2.24, 2.45) is 5.92 Å². The number of halogens is 3. The number of H-pyrrole nitrogens is 1. The fourth-order valence-electron chi connectivity index (χ4n) is 4.48. The number of fused-ring (bicyclic) bond motifs is 2. The number of ether oxygens (including phenoxy) is 1. The number of nitriles is 1. The summed E-state index contributed by atoms with van der Waals surface area (Å²) >= 11 is 0. The van der Waals surface area contributed by atoms with Crippen LogP contribution in [0.15, 0.2) is 42.5 Å². The van der Waals surface area contributed by atoms with Gasteiger partial charge in [-0.1, -0.05) is 24.3 Å². The van der Waals surface area contributed by atoms with Crippen molar-refractivity contribution in [1.29, 1.82) is 5.26 Å². The van der Waals surface area contributed by atoms with Gasteiger partial charge in [0.1, 0.15) is 17.9 Å². The van der Waals surface area contributed by atoms with Crippen molar-refractivity contribution < 1.29 is 17.9 Å². The lowest BCUT2D eigenvalue weighted by atomic mass is 9.94. The van der Waals surface area contributed by atoms with E-state index in [1.165, 1.54) is 0 Å². The van der Waals surface area contributed by atoms with Crippen molar-refractivity contribution >= 4 is 16.7 Å². The van der Waals surface area contributed by atoms with E-state index >= 15 is 0 Å². The molecule has 3 heterocycles. The highest BCUT2D eigenvalue weighted by molar-refractivity contribution is 5.88. The summed E-state index contributed by atoms with van der Waals surface area (Å²) in [6.45, 7) is 1.85. The first-order valence-electron chi connectivity index (χ1n) is 10.1. The zero-order valence-electron chi connectivity index (χ0n) is 16.5. The minimum absolute atomic E-state index is 0.0260. The van der Waals surface area contributed by atoms with Gasteiger partial charge in [0.25, 0.3) is 0 Å². The van der Waals surface area contributed by atoms with E-state index in [1.54, 1.807) is 18.2 Å². The molecule has 31 heavy (non-hydrogen) atoms. The predicted octanol–water partition coefficient (Wildman–Crippen LogP) is 4.34. The Hall–Kier alpha value is -3.25. The molecule has 2 aliphatic rings. The predicted molar refractivity (Wildman–Crippen MR) is 108 cm³/mol. The van der Waals surface area contributed by atoms with Crippen molar-refractivity contribution in [3.63, 3.8) is 0 Å². The van der Waals surface area contributed by atoms with E-state index in [0.29, 0.717) is 24.4 Å². The number of nitrogens with one attached hydrogen (secondary N) is 2. The minimum Gasteiger partial charge on any atom is -0.491 e. The second-order valence-electron chi connectivity index (χ2n) is 7.93. The summed E-state index contributed by atoms with van der Waals surface area (Å²) in [4.78, 5) is 8.42. The van der Waals surface area contributed by atoms with E-state index < -0.39 is 12.0 Å². The molecule has 6 nitrogen and oxygen atoms in total. The lowest BCUT2D eigenvalue weighted by Crippen LogP contribution is -2.47. The van der Waals surface area contributed by atoms with E-state index in [1.807, 2.05) is 24.3 Å². The molecule has 0 saturated carbocycles. The second-order valence-corrected chi connectivity index (χ2v) is 7.93. The summed E-state index contributed by atoms with van der Waals surface area (Å²) in [6.07, 6.45) is -3.75. The number of hydrogen-bond acceptors (Lipinski definition) is 5. The lowest BCUT2D eigenvalue weighted by molar-refractivity contribution is -0.144. The highest BCUT2D eigenvalue weighted by Gasteiger charge is 2.39. The number of nitrogens with zero attached hydrogens (tertiary/aromatic N) is 3. The Labute approximate surface area is 176 Å². The number of aromatic nitrogens is 2. The largest absolute Gasteiger partial charge is 0.491 e. The maximum atomic E-state index is 13.2. The van der Waals surface area contributed by atoms with Crippen LogP contribution in [-0.2, 0) is 6.18 Å². The molecule has 0 aliphatic carbocycles. The Morgan fingerprint density at radius 3 is 2.81 bits per heavy atom. The molecule has 1 aromatic heterocycles. The van der Waals surface area contributed by atoms with Gasteiger partial charge in [-0.2, -0.15) is 18.4 Å². The first-order valence-corrected chi connectivity index (χ1v) is 10.1. The fraction of sp³-hybridized carbons (Fsp3) is 0.364. The first kappa shape index (κ1) is 19.7. The molecule has 0 amide bonds. The monoisotopic (exact) mass is 427 g/mol. The number of imidazole rings is 1. The Bertz CT molecular complexity index is 1150. The van der Waals surface area contributed by atoms with E-state index in [9.17, 15) is 18.4 Å². The van der Waals surface area contributed by atoms with Gasteiger partial charge in [-0.3, -0.25) is 4.90 Å². The van der Waals surface area contributed by atoms with Crippen LogP contribution in [0.1, 0.15) is 23.9 Å². The number of benzene rings is 2. The average Bonchev–Trinajstić information content (AvgIpc) is 3.41. The molecule has 160 valence electrons. The maximum Gasteiger partial charge on any atom is 0.449 e. The van der Waals surface area contributed by atoms with Crippen LogP contribution in [-0.4, -0.2) is 40.6 Å². The molecule has 1 fully saturated rings. The molecule has 0 bridgehead atoms. The topological polar surface area (TPSA) is 77.0 Å². The Kier molecular flexibility index (Phi) is 4.74. The minimum atomic E-state index is -4.55. The van der Waals surface area contributed by atoms with Crippen LogP contribution in [0.4, 0.5) is 18.9 Å². The summed E-state index contributed by atoms with van der Waals surface area (Å²) < 4.78 is 45.5. The Morgan fingerprint density at radius 1 is 1.19 bits per heavy atom. The molecule has 0 spiro atoms. The lowest BCUT2D eigenvalue weighted by Gasteiger charge is -2.39. The summed E-state index contributed by atoms with van der Waals surface area (Å²) in [5.41, 5.74) is 2.02. The molecule has 2 N–H and O–H groups in total.